The predicted molar refractivity (Wildman–Crippen MR) is 80.9 cm³/mol. The van der Waals surface area contributed by atoms with E-state index < -0.39 is 0 Å². The lowest BCUT2D eigenvalue weighted by molar-refractivity contribution is -0.151. The van der Waals surface area contributed by atoms with Crippen molar-refractivity contribution in [2.45, 2.75) is 32.2 Å². The summed E-state index contributed by atoms with van der Waals surface area (Å²) in [4.78, 5) is 26.0. The molecule has 1 aromatic carbocycles. The molecule has 0 aromatic heterocycles. The van der Waals surface area contributed by atoms with Crippen LogP contribution in [0, 0.1) is 0 Å². The number of piperidine rings is 1. The van der Waals surface area contributed by atoms with Gasteiger partial charge in [0.05, 0.1) is 13.2 Å². The van der Waals surface area contributed by atoms with Crippen molar-refractivity contribution in [2.24, 2.45) is 0 Å². The standard InChI is InChI=1S/C16H22N2O3/c1-2-21-16(20)14-10-6-7-11-18(14)12-15(19)17-13-8-4-3-5-9-13/h3-5,8-9,14H,2,6-7,10-12H2,1H3,(H,17,19). The number of benzene rings is 1. The molecule has 1 N–H and O–H groups in total. The molecule has 0 aliphatic carbocycles. The predicted octanol–water partition coefficient (Wildman–Crippen LogP) is 2.04. The summed E-state index contributed by atoms with van der Waals surface area (Å²) in [6.45, 7) is 3.15. The van der Waals surface area contributed by atoms with Gasteiger partial charge in [0.2, 0.25) is 5.91 Å². The Kier molecular flexibility index (Phi) is 5.75. The number of carbonyl (C=O) groups excluding carboxylic acids is 2. The van der Waals surface area contributed by atoms with Gasteiger partial charge in [0.25, 0.3) is 0 Å². The van der Waals surface area contributed by atoms with E-state index in [0.29, 0.717) is 6.61 Å². The summed E-state index contributed by atoms with van der Waals surface area (Å²) >= 11 is 0. The van der Waals surface area contributed by atoms with Crippen LogP contribution in [0.15, 0.2) is 30.3 Å². The van der Waals surface area contributed by atoms with Crippen molar-refractivity contribution in [1.29, 1.82) is 0 Å². The van der Waals surface area contributed by atoms with E-state index in [1.165, 1.54) is 0 Å². The van der Waals surface area contributed by atoms with Crippen LogP contribution in [0.2, 0.25) is 0 Å². The van der Waals surface area contributed by atoms with Gasteiger partial charge in [-0.3, -0.25) is 14.5 Å². The van der Waals surface area contributed by atoms with Crippen LogP contribution < -0.4 is 5.32 Å². The maximum absolute atomic E-state index is 12.1. The number of esters is 1. The normalized spacial score (nSPS) is 19.0. The van der Waals surface area contributed by atoms with Crippen molar-refractivity contribution in [1.82, 2.24) is 4.90 Å². The van der Waals surface area contributed by atoms with Gasteiger partial charge in [-0.1, -0.05) is 24.6 Å². The van der Waals surface area contributed by atoms with Gasteiger partial charge < -0.3 is 10.1 Å². The first-order chi connectivity index (χ1) is 10.2. The average Bonchev–Trinajstić information content (AvgIpc) is 2.49. The first kappa shape index (κ1) is 15.5. The van der Waals surface area contributed by atoms with Crippen LogP contribution in [0.3, 0.4) is 0 Å². The molecule has 1 fully saturated rings. The van der Waals surface area contributed by atoms with Crippen LogP contribution in [0.25, 0.3) is 0 Å². The van der Waals surface area contributed by atoms with Crippen molar-refractivity contribution < 1.29 is 14.3 Å². The summed E-state index contributed by atoms with van der Waals surface area (Å²) in [6.07, 6.45) is 2.77. The SMILES string of the molecule is CCOC(=O)C1CCCCN1CC(=O)Nc1ccccc1. The van der Waals surface area contributed by atoms with E-state index in [1.807, 2.05) is 35.2 Å². The number of para-hydroxylation sites is 1. The fourth-order valence-corrected chi connectivity index (χ4v) is 2.59. The Morgan fingerprint density at radius 2 is 2.05 bits per heavy atom. The van der Waals surface area contributed by atoms with E-state index in [0.717, 1.165) is 31.5 Å². The smallest absolute Gasteiger partial charge is 0.323 e. The molecule has 1 aliphatic heterocycles. The van der Waals surface area contributed by atoms with E-state index >= 15 is 0 Å². The van der Waals surface area contributed by atoms with Gasteiger partial charge in [-0.25, -0.2) is 0 Å². The number of anilines is 1. The van der Waals surface area contributed by atoms with Crippen LogP contribution in [0.1, 0.15) is 26.2 Å². The first-order valence-electron chi connectivity index (χ1n) is 7.46. The number of rotatable bonds is 5. The molecule has 0 radical (unpaired) electrons. The number of carbonyl (C=O) groups is 2. The van der Waals surface area contributed by atoms with E-state index in [4.69, 9.17) is 4.74 Å². The highest BCUT2D eigenvalue weighted by molar-refractivity contribution is 5.92. The molecule has 21 heavy (non-hydrogen) atoms. The summed E-state index contributed by atoms with van der Waals surface area (Å²) in [5, 5.41) is 2.85. The van der Waals surface area contributed by atoms with Crippen molar-refractivity contribution in [2.75, 3.05) is 25.0 Å². The van der Waals surface area contributed by atoms with Gasteiger partial charge in [-0.15, -0.1) is 0 Å². The maximum atomic E-state index is 12.1. The summed E-state index contributed by atoms with van der Waals surface area (Å²) in [7, 11) is 0. The van der Waals surface area contributed by atoms with Crippen molar-refractivity contribution >= 4 is 17.6 Å². The Balaban J connectivity index is 1.92. The van der Waals surface area contributed by atoms with E-state index in [2.05, 4.69) is 5.32 Å². The molecule has 114 valence electrons. The summed E-state index contributed by atoms with van der Waals surface area (Å²) in [6, 6.07) is 9.04. The summed E-state index contributed by atoms with van der Waals surface area (Å²) < 4.78 is 5.10. The molecule has 1 heterocycles. The van der Waals surface area contributed by atoms with Crippen LogP contribution in [0.4, 0.5) is 5.69 Å². The van der Waals surface area contributed by atoms with Gasteiger partial charge in [0, 0.05) is 5.69 Å². The zero-order valence-electron chi connectivity index (χ0n) is 12.4. The van der Waals surface area contributed by atoms with Gasteiger partial charge in [0.1, 0.15) is 6.04 Å². The zero-order chi connectivity index (χ0) is 15.1. The summed E-state index contributed by atoms with van der Waals surface area (Å²) in [5.41, 5.74) is 0.771. The van der Waals surface area contributed by atoms with Gasteiger partial charge in [-0.2, -0.15) is 0 Å². The third-order valence-electron chi connectivity index (χ3n) is 3.58. The molecule has 1 atom stereocenters. The molecule has 1 aromatic rings. The highest BCUT2D eigenvalue weighted by atomic mass is 16.5. The maximum Gasteiger partial charge on any atom is 0.323 e. The molecule has 5 heteroatoms. The zero-order valence-corrected chi connectivity index (χ0v) is 12.4. The molecule has 1 amide bonds. The second-order valence-electron chi connectivity index (χ2n) is 5.15. The topological polar surface area (TPSA) is 58.6 Å². The van der Waals surface area contributed by atoms with Gasteiger partial charge in [-0.05, 0) is 38.4 Å². The van der Waals surface area contributed by atoms with E-state index in [-0.39, 0.29) is 24.5 Å². The Labute approximate surface area is 125 Å². The Morgan fingerprint density at radius 1 is 1.29 bits per heavy atom. The fourth-order valence-electron chi connectivity index (χ4n) is 2.59. The Morgan fingerprint density at radius 3 is 2.76 bits per heavy atom. The van der Waals surface area contributed by atoms with Crippen LogP contribution in [-0.4, -0.2) is 42.5 Å². The fraction of sp³-hybridized carbons (Fsp3) is 0.500. The number of hydrogen-bond acceptors (Lipinski definition) is 4. The molecule has 1 saturated heterocycles. The van der Waals surface area contributed by atoms with Gasteiger partial charge in [0.15, 0.2) is 0 Å². The van der Waals surface area contributed by atoms with Crippen LogP contribution in [0.5, 0.6) is 0 Å². The second kappa shape index (κ2) is 7.78. The minimum Gasteiger partial charge on any atom is -0.465 e. The molecule has 2 rings (SSSR count). The second-order valence-corrected chi connectivity index (χ2v) is 5.15. The molecule has 0 spiro atoms. The largest absolute Gasteiger partial charge is 0.465 e. The number of amides is 1. The lowest BCUT2D eigenvalue weighted by Crippen LogP contribution is -2.48. The van der Waals surface area contributed by atoms with Crippen molar-refractivity contribution in [3.8, 4) is 0 Å². The Hall–Kier alpha value is -1.88. The number of nitrogens with one attached hydrogen (secondary N) is 1. The molecule has 1 aliphatic rings. The van der Waals surface area contributed by atoms with Gasteiger partial charge >= 0.3 is 5.97 Å². The minimum absolute atomic E-state index is 0.0996. The third-order valence-corrected chi connectivity index (χ3v) is 3.58. The molecule has 0 bridgehead atoms. The monoisotopic (exact) mass is 290 g/mol. The lowest BCUT2D eigenvalue weighted by Gasteiger charge is -2.33. The molecule has 0 saturated carbocycles. The molecule has 1 unspecified atom stereocenters. The highest BCUT2D eigenvalue weighted by Crippen LogP contribution is 2.18. The summed E-state index contributed by atoms with van der Waals surface area (Å²) in [5.74, 6) is -0.317. The minimum atomic E-state index is -0.291. The number of hydrogen-bond donors (Lipinski definition) is 1. The number of nitrogens with zero attached hydrogens (tertiary/aromatic N) is 1. The molecule has 5 nitrogen and oxygen atoms in total. The number of likely N-dealkylation sites (tertiary alicyclic amines) is 1. The highest BCUT2D eigenvalue weighted by Gasteiger charge is 2.30. The first-order valence-corrected chi connectivity index (χ1v) is 7.46. The quantitative estimate of drug-likeness (QED) is 0.843. The molecular weight excluding hydrogens is 268 g/mol. The molecular formula is C16H22N2O3. The van der Waals surface area contributed by atoms with Crippen molar-refractivity contribution in [3.63, 3.8) is 0 Å². The number of ether oxygens (including phenoxy) is 1. The van der Waals surface area contributed by atoms with Crippen LogP contribution in [-0.2, 0) is 14.3 Å². The van der Waals surface area contributed by atoms with Crippen molar-refractivity contribution in [3.05, 3.63) is 30.3 Å². The van der Waals surface area contributed by atoms with E-state index in [9.17, 15) is 9.59 Å². The third kappa shape index (κ3) is 4.56. The average molecular weight is 290 g/mol. The Bertz CT molecular complexity index is 476. The van der Waals surface area contributed by atoms with E-state index in [1.54, 1.807) is 6.92 Å². The lowest BCUT2D eigenvalue weighted by atomic mass is 10.0. The van der Waals surface area contributed by atoms with Crippen LogP contribution >= 0.6 is 0 Å².